The molecule has 34 heavy (non-hydrogen) atoms. The SMILES string of the molecule is CCc1ccccc1N(CC(=O)N(Cc1cccc(Cl)c1)C(C)C(=O)NC(C)(C)C)S(C)(=O)=O. The maximum Gasteiger partial charge on any atom is 0.244 e. The summed E-state index contributed by atoms with van der Waals surface area (Å²) in [5.74, 6) is -0.824. The quantitative estimate of drug-likeness (QED) is 0.555. The highest BCUT2D eigenvalue weighted by Gasteiger charge is 2.31. The van der Waals surface area contributed by atoms with E-state index >= 15 is 0 Å². The van der Waals surface area contributed by atoms with Crippen molar-refractivity contribution in [2.45, 2.75) is 59.2 Å². The van der Waals surface area contributed by atoms with E-state index in [1.807, 2.05) is 39.8 Å². The lowest BCUT2D eigenvalue weighted by Crippen LogP contribution is -2.54. The van der Waals surface area contributed by atoms with Gasteiger partial charge in [-0.25, -0.2) is 8.42 Å². The summed E-state index contributed by atoms with van der Waals surface area (Å²) in [5.41, 5.74) is 1.50. The molecule has 0 spiro atoms. The smallest absolute Gasteiger partial charge is 0.244 e. The number of nitrogens with zero attached hydrogens (tertiary/aromatic N) is 2. The first-order valence-corrected chi connectivity index (χ1v) is 13.4. The van der Waals surface area contributed by atoms with Gasteiger partial charge in [-0.15, -0.1) is 0 Å². The molecule has 0 bridgehead atoms. The van der Waals surface area contributed by atoms with Crippen LogP contribution in [-0.4, -0.2) is 49.5 Å². The van der Waals surface area contributed by atoms with E-state index < -0.39 is 34.1 Å². The third-order valence-corrected chi connectivity index (χ3v) is 6.59. The molecule has 1 atom stereocenters. The Kier molecular flexibility index (Phi) is 9.14. The molecule has 0 aliphatic rings. The first-order chi connectivity index (χ1) is 15.7. The minimum absolute atomic E-state index is 0.102. The van der Waals surface area contributed by atoms with Gasteiger partial charge < -0.3 is 10.2 Å². The Morgan fingerprint density at radius 1 is 1.09 bits per heavy atom. The predicted molar refractivity (Wildman–Crippen MR) is 137 cm³/mol. The Morgan fingerprint density at radius 2 is 1.74 bits per heavy atom. The zero-order valence-corrected chi connectivity index (χ0v) is 22.2. The van der Waals surface area contributed by atoms with Crippen LogP contribution >= 0.6 is 11.6 Å². The van der Waals surface area contributed by atoms with Crippen LogP contribution in [0.3, 0.4) is 0 Å². The minimum atomic E-state index is -3.77. The van der Waals surface area contributed by atoms with Crippen molar-refractivity contribution in [1.82, 2.24) is 10.2 Å². The van der Waals surface area contributed by atoms with E-state index in [0.29, 0.717) is 17.1 Å². The first-order valence-electron chi connectivity index (χ1n) is 11.1. The van der Waals surface area contributed by atoms with Crippen molar-refractivity contribution >= 4 is 39.1 Å². The van der Waals surface area contributed by atoms with Crippen molar-refractivity contribution in [3.05, 3.63) is 64.7 Å². The van der Waals surface area contributed by atoms with E-state index in [1.165, 1.54) is 4.90 Å². The number of para-hydroxylation sites is 1. The summed E-state index contributed by atoms with van der Waals surface area (Å²) in [6.45, 7) is 8.80. The summed E-state index contributed by atoms with van der Waals surface area (Å²) >= 11 is 6.12. The number of carbonyl (C=O) groups excluding carboxylic acids is 2. The van der Waals surface area contributed by atoms with Crippen LogP contribution in [0.2, 0.25) is 5.02 Å². The fourth-order valence-corrected chi connectivity index (χ4v) is 4.63. The van der Waals surface area contributed by atoms with Crippen molar-refractivity contribution in [3.8, 4) is 0 Å². The summed E-state index contributed by atoms with van der Waals surface area (Å²) < 4.78 is 26.5. The van der Waals surface area contributed by atoms with Crippen LogP contribution in [0.1, 0.15) is 45.7 Å². The van der Waals surface area contributed by atoms with Gasteiger partial charge in [-0.1, -0.05) is 48.9 Å². The molecule has 7 nitrogen and oxygen atoms in total. The standard InChI is InChI=1S/C25H34ClN3O4S/c1-7-20-12-8-9-14-22(20)29(34(6,32)33)17-23(30)28(16-19-11-10-13-21(26)15-19)18(2)24(31)27-25(3,4)5/h8-15,18H,7,16-17H2,1-6H3,(H,27,31). The maximum absolute atomic E-state index is 13.6. The molecular formula is C25H34ClN3O4S. The van der Waals surface area contributed by atoms with Crippen LogP contribution < -0.4 is 9.62 Å². The van der Waals surface area contributed by atoms with Crippen LogP contribution in [0, 0.1) is 0 Å². The normalized spacial score (nSPS) is 12.7. The van der Waals surface area contributed by atoms with E-state index in [4.69, 9.17) is 11.6 Å². The zero-order valence-electron chi connectivity index (χ0n) is 20.6. The highest BCUT2D eigenvalue weighted by Crippen LogP contribution is 2.24. The first kappa shape index (κ1) is 27.7. The molecule has 0 heterocycles. The molecule has 186 valence electrons. The fraction of sp³-hybridized carbons (Fsp3) is 0.440. The molecular weight excluding hydrogens is 474 g/mol. The molecule has 0 radical (unpaired) electrons. The summed E-state index contributed by atoms with van der Waals surface area (Å²) in [4.78, 5) is 27.9. The highest BCUT2D eigenvalue weighted by atomic mass is 35.5. The Hall–Kier alpha value is -2.58. The third kappa shape index (κ3) is 7.74. The van der Waals surface area contributed by atoms with E-state index in [1.54, 1.807) is 43.3 Å². The lowest BCUT2D eigenvalue weighted by molar-refractivity contribution is -0.140. The lowest BCUT2D eigenvalue weighted by atomic mass is 10.1. The molecule has 0 saturated heterocycles. The van der Waals surface area contributed by atoms with E-state index in [2.05, 4.69) is 5.32 Å². The number of sulfonamides is 1. The van der Waals surface area contributed by atoms with Crippen molar-refractivity contribution in [2.24, 2.45) is 0 Å². The Morgan fingerprint density at radius 3 is 2.29 bits per heavy atom. The van der Waals surface area contributed by atoms with Crippen LogP contribution in [0.5, 0.6) is 0 Å². The summed E-state index contributed by atoms with van der Waals surface area (Å²) in [5, 5.41) is 3.40. The van der Waals surface area contributed by atoms with Crippen LogP contribution in [0.15, 0.2) is 48.5 Å². The van der Waals surface area contributed by atoms with E-state index in [-0.39, 0.29) is 12.5 Å². The number of halogens is 1. The van der Waals surface area contributed by atoms with Gasteiger partial charge in [-0.05, 0) is 63.4 Å². The van der Waals surface area contributed by atoms with Crippen LogP contribution in [-0.2, 0) is 32.6 Å². The molecule has 2 rings (SSSR count). The van der Waals surface area contributed by atoms with Gasteiger partial charge in [-0.2, -0.15) is 0 Å². The predicted octanol–water partition coefficient (Wildman–Crippen LogP) is 4.00. The van der Waals surface area contributed by atoms with Gasteiger partial charge in [0.1, 0.15) is 12.6 Å². The van der Waals surface area contributed by atoms with Crippen molar-refractivity contribution in [2.75, 3.05) is 17.1 Å². The van der Waals surface area contributed by atoms with Crippen molar-refractivity contribution < 1.29 is 18.0 Å². The number of nitrogens with one attached hydrogen (secondary N) is 1. The lowest BCUT2D eigenvalue weighted by Gasteiger charge is -2.33. The average molecular weight is 508 g/mol. The van der Waals surface area contributed by atoms with E-state index in [0.717, 1.165) is 21.7 Å². The molecule has 0 aliphatic carbocycles. The third-order valence-electron chi connectivity index (χ3n) is 5.23. The maximum atomic E-state index is 13.6. The number of amides is 2. The second-order valence-electron chi connectivity index (χ2n) is 9.32. The number of carbonyl (C=O) groups is 2. The van der Waals surface area contributed by atoms with Crippen LogP contribution in [0.4, 0.5) is 5.69 Å². The molecule has 2 aromatic rings. The molecule has 2 amide bonds. The van der Waals surface area contributed by atoms with Gasteiger partial charge in [0, 0.05) is 17.1 Å². The molecule has 0 aromatic heterocycles. The van der Waals surface area contributed by atoms with Gasteiger partial charge in [-0.3, -0.25) is 13.9 Å². The number of benzene rings is 2. The number of hydrogen-bond donors (Lipinski definition) is 1. The van der Waals surface area contributed by atoms with Gasteiger partial charge >= 0.3 is 0 Å². The monoisotopic (exact) mass is 507 g/mol. The molecule has 0 aliphatic heterocycles. The van der Waals surface area contributed by atoms with E-state index in [9.17, 15) is 18.0 Å². The summed E-state index contributed by atoms with van der Waals surface area (Å²) in [6.07, 6.45) is 1.68. The molecule has 0 saturated carbocycles. The average Bonchev–Trinajstić information content (AvgIpc) is 2.73. The van der Waals surface area contributed by atoms with Crippen molar-refractivity contribution in [1.29, 1.82) is 0 Å². The van der Waals surface area contributed by atoms with Crippen LogP contribution in [0.25, 0.3) is 0 Å². The fourth-order valence-electron chi connectivity index (χ4n) is 3.54. The number of aryl methyl sites for hydroxylation is 1. The molecule has 1 unspecified atom stereocenters. The Labute approximate surface area is 208 Å². The minimum Gasteiger partial charge on any atom is -0.350 e. The molecule has 1 N–H and O–H groups in total. The molecule has 0 fully saturated rings. The zero-order chi connectivity index (χ0) is 25.7. The highest BCUT2D eigenvalue weighted by molar-refractivity contribution is 7.92. The second kappa shape index (κ2) is 11.2. The number of anilines is 1. The van der Waals surface area contributed by atoms with Gasteiger partial charge in [0.05, 0.1) is 11.9 Å². The summed E-state index contributed by atoms with van der Waals surface area (Å²) in [6, 6.07) is 13.3. The van der Waals surface area contributed by atoms with Crippen molar-refractivity contribution in [3.63, 3.8) is 0 Å². The molecule has 9 heteroatoms. The second-order valence-corrected chi connectivity index (χ2v) is 11.7. The van der Waals surface area contributed by atoms with Gasteiger partial charge in [0.15, 0.2) is 0 Å². The largest absolute Gasteiger partial charge is 0.350 e. The Balaban J connectivity index is 2.44. The number of rotatable bonds is 9. The van der Waals surface area contributed by atoms with Gasteiger partial charge in [0.2, 0.25) is 21.8 Å². The van der Waals surface area contributed by atoms with Gasteiger partial charge in [0.25, 0.3) is 0 Å². The summed E-state index contributed by atoms with van der Waals surface area (Å²) in [7, 11) is -3.77. The molecule has 2 aromatic carbocycles. The number of hydrogen-bond acceptors (Lipinski definition) is 4. The Bertz CT molecular complexity index is 1130. The topological polar surface area (TPSA) is 86.8 Å².